The van der Waals surface area contributed by atoms with Crippen molar-refractivity contribution in [3.63, 3.8) is 0 Å². The number of hydrogen-bond donors (Lipinski definition) is 0. The van der Waals surface area contributed by atoms with E-state index in [1.165, 1.54) is 35.5 Å². The fraction of sp³-hybridized carbons (Fsp3) is 0. The highest BCUT2D eigenvalue weighted by Crippen LogP contribution is 2.29. The molecule has 168 valence electrons. The molecule has 6 heteroatoms. The Morgan fingerprint density at radius 1 is 0.412 bits per heavy atom. The van der Waals surface area contributed by atoms with Crippen molar-refractivity contribution in [1.82, 2.24) is 9.97 Å². The Morgan fingerprint density at radius 3 is 1.12 bits per heavy atom. The average Bonchev–Trinajstić information content (AvgIpc) is 2.89. The van der Waals surface area contributed by atoms with Crippen LogP contribution in [0.25, 0.3) is 43.4 Å². The van der Waals surface area contributed by atoms with Gasteiger partial charge in [0.25, 0.3) is 0 Å². The lowest BCUT2D eigenvalue weighted by atomic mass is 10.1. The molecule has 6 aromatic rings. The summed E-state index contributed by atoms with van der Waals surface area (Å²) < 4.78 is 2.68. The zero-order valence-corrected chi connectivity index (χ0v) is 26.4. The van der Waals surface area contributed by atoms with Gasteiger partial charge in [-0.1, -0.05) is 84.9 Å². The van der Waals surface area contributed by atoms with Crippen molar-refractivity contribution in [3.05, 3.63) is 113 Å². The normalized spacial score (nSPS) is 10.4. The quantitative estimate of drug-likeness (QED) is 0.112. The van der Waals surface area contributed by atoms with E-state index in [-0.39, 0.29) is 0 Å². The van der Waals surface area contributed by atoms with Crippen LogP contribution in [0.4, 0.5) is 0 Å². The van der Waals surface area contributed by atoms with Gasteiger partial charge in [-0.2, -0.15) is 0 Å². The number of para-hydroxylation sites is 2. The Hall–Kier alpha value is -1.12. The Bertz CT molecular complexity index is 1370. The molecule has 0 aliphatic heterocycles. The van der Waals surface area contributed by atoms with E-state index in [1.807, 2.05) is 48.8 Å². The lowest BCUT2D eigenvalue weighted by Crippen LogP contribution is -1.80. The molecule has 0 bridgehead atoms. The van der Waals surface area contributed by atoms with Crippen LogP contribution in [0.15, 0.2) is 113 Å². The van der Waals surface area contributed by atoms with Gasteiger partial charge in [0.05, 0.1) is 14.2 Å². The molecule has 0 amide bonds. The average molecular weight is 890 g/mol. The number of aromatic nitrogens is 2. The molecule has 0 N–H and O–H groups in total. The van der Waals surface area contributed by atoms with Crippen molar-refractivity contribution < 1.29 is 0 Å². The van der Waals surface area contributed by atoms with E-state index in [2.05, 4.69) is 161 Å². The van der Waals surface area contributed by atoms with E-state index in [0.29, 0.717) is 0 Å². The summed E-state index contributed by atoms with van der Waals surface area (Å²) in [5.41, 5.74) is 2.12. The predicted octanol–water partition coefficient (Wildman–Crippen LogP) is 10.6. The Balaban J connectivity index is 0.000000132. The summed E-state index contributed by atoms with van der Waals surface area (Å²) in [4.78, 5) is 8.82. The van der Waals surface area contributed by atoms with Crippen molar-refractivity contribution in [2.75, 3.05) is 0 Å². The van der Waals surface area contributed by atoms with Gasteiger partial charge in [0.2, 0.25) is 0 Å². The summed E-state index contributed by atoms with van der Waals surface area (Å²) in [5, 5.41) is 7.41. The molecule has 34 heavy (non-hydrogen) atoms. The molecule has 0 aliphatic carbocycles. The minimum Gasteiger partial charge on any atom is -0.256 e. The van der Waals surface area contributed by atoms with Gasteiger partial charge in [-0.3, -0.25) is 9.97 Å². The molecule has 0 fully saturated rings. The largest absolute Gasteiger partial charge is 0.256 e. The lowest BCUT2D eigenvalue weighted by Gasteiger charge is -2.01. The first-order valence-electron chi connectivity index (χ1n) is 10.4. The minimum atomic E-state index is 1.06. The van der Waals surface area contributed by atoms with Gasteiger partial charge in [0, 0.05) is 33.9 Å². The SMILES string of the molecule is IC(I)=C(I)I.c1ccc2c(c1)cnc1ccccc12.c1ccc2c(c1)cnc1ccccc12. The zero-order chi connectivity index (χ0) is 23.9. The second kappa shape index (κ2) is 12.7. The number of fused-ring (bicyclic) bond motifs is 6. The maximum Gasteiger partial charge on any atom is 0.0709 e. The second-order valence-corrected chi connectivity index (χ2v) is 15.7. The van der Waals surface area contributed by atoms with Crippen LogP contribution in [0, 0.1) is 0 Å². The molecule has 2 heterocycles. The van der Waals surface area contributed by atoms with Gasteiger partial charge in [0.15, 0.2) is 0 Å². The smallest absolute Gasteiger partial charge is 0.0709 e. The standard InChI is InChI=1S/2C13H9N.C2I4/c2*1-2-6-11-10(5-1)9-14-13-8-4-3-7-12(11)13;3-1(4)2(5)6/h2*1-9H;. The van der Waals surface area contributed by atoms with Gasteiger partial charge in [-0.25, -0.2) is 0 Å². The van der Waals surface area contributed by atoms with E-state index in [9.17, 15) is 0 Å². The third-order valence-electron chi connectivity index (χ3n) is 5.14. The molecule has 0 unspecified atom stereocenters. The van der Waals surface area contributed by atoms with Crippen molar-refractivity contribution in [1.29, 1.82) is 0 Å². The van der Waals surface area contributed by atoms with Crippen LogP contribution >= 0.6 is 90.4 Å². The molecule has 4 aromatic carbocycles. The Kier molecular flexibility index (Phi) is 9.71. The maximum absolute atomic E-state index is 4.41. The van der Waals surface area contributed by atoms with E-state index in [4.69, 9.17) is 0 Å². The first-order valence-corrected chi connectivity index (χ1v) is 14.7. The van der Waals surface area contributed by atoms with Gasteiger partial charge in [-0.15, -0.1) is 0 Å². The van der Waals surface area contributed by atoms with Crippen molar-refractivity contribution in [3.8, 4) is 0 Å². The van der Waals surface area contributed by atoms with Crippen LogP contribution in [0.3, 0.4) is 0 Å². The molecule has 6 rings (SSSR count). The molecule has 0 saturated carbocycles. The summed E-state index contributed by atoms with van der Waals surface area (Å²) in [6.07, 6.45) is 3.86. The molecular formula is C28H18I4N2. The first kappa shape index (κ1) is 26.0. The number of rotatable bonds is 0. The highest BCUT2D eigenvalue weighted by molar-refractivity contribution is 14.2. The van der Waals surface area contributed by atoms with Crippen LogP contribution in [0.2, 0.25) is 0 Å². The van der Waals surface area contributed by atoms with Crippen LogP contribution in [0.5, 0.6) is 0 Å². The highest BCUT2D eigenvalue weighted by atomic mass is 127. The minimum absolute atomic E-state index is 1.06. The van der Waals surface area contributed by atoms with E-state index >= 15 is 0 Å². The van der Waals surface area contributed by atoms with Gasteiger partial charge >= 0.3 is 0 Å². The third kappa shape index (κ3) is 6.55. The molecule has 0 spiro atoms. The fourth-order valence-electron chi connectivity index (χ4n) is 3.62. The summed E-state index contributed by atoms with van der Waals surface area (Å²) >= 11 is 9.13. The third-order valence-corrected chi connectivity index (χ3v) is 11.4. The monoisotopic (exact) mass is 890 g/mol. The number of halogens is 4. The van der Waals surface area contributed by atoms with Crippen molar-refractivity contribution in [2.45, 2.75) is 0 Å². The molecule has 0 atom stereocenters. The Labute approximate surface area is 253 Å². The van der Waals surface area contributed by atoms with Gasteiger partial charge < -0.3 is 0 Å². The van der Waals surface area contributed by atoms with Crippen molar-refractivity contribution in [2.24, 2.45) is 0 Å². The van der Waals surface area contributed by atoms with Crippen LogP contribution in [-0.4, -0.2) is 9.97 Å². The molecule has 0 aliphatic rings. The number of pyridine rings is 2. The first-order chi connectivity index (χ1) is 16.5. The summed E-state index contributed by atoms with van der Waals surface area (Å²) in [6.45, 7) is 0. The van der Waals surface area contributed by atoms with Crippen LogP contribution < -0.4 is 0 Å². The topological polar surface area (TPSA) is 25.8 Å². The highest BCUT2D eigenvalue weighted by Gasteiger charge is 1.99. The number of hydrogen-bond acceptors (Lipinski definition) is 2. The summed E-state index contributed by atoms with van der Waals surface area (Å²) in [7, 11) is 0. The Morgan fingerprint density at radius 2 is 0.735 bits per heavy atom. The maximum atomic E-state index is 4.41. The molecule has 0 saturated heterocycles. The summed E-state index contributed by atoms with van der Waals surface area (Å²) in [5.74, 6) is 0. The lowest BCUT2D eigenvalue weighted by molar-refractivity contribution is 1.44. The van der Waals surface area contributed by atoms with Gasteiger partial charge in [-0.05, 0) is 113 Å². The van der Waals surface area contributed by atoms with E-state index < -0.39 is 0 Å². The zero-order valence-electron chi connectivity index (χ0n) is 17.8. The van der Waals surface area contributed by atoms with E-state index in [1.54, 1.807) is 0 Å². The van der Waals surface area contributed by atoms with Crippen LogP contribution in [0.1, 0.15) is 0 Å². The van der Waals surface area contributed by atoms with Gasteiger partial charge in [0.1, 0.15) is 0 Å². The number of nitrogens with zero attached hydrogens (tertiary/aromatic N) is 2. The molecule has 2 aromatic heterocycles. The molecular weight excluding hydrogens is 872 g/mol. The molecule has 2 nitrogen and oxygen atoms in total. The molecule has 0 radical (unpaired) electrons. The fourth-order valence-corrected chi connectivity index (χ4v) is 3.62. The number of benzene rings is 4. The van der Waals surface area contributed by atoms with Crippen molar-refractivity contribution >= 4 is 134 Å². The van der Waals surface area contributed by atoms with E-state index in [0.717, 1.165) is 11.0 Å². The summed E-state index contributed by atoms with van der Waals surface area (Å²) in [6, 6.07) is 33.1. The van der Waals surface area contributed by atoms with Crippen LogP contribution in [-0.2, 0) is 0 Å². The predicted molar refractivity (Wildman–Crippen MR) is 182 cm³/mol. The second-order valence-electron chi connectivity index (χ2n) is 7.25.